The molecule has 0 fully saturated rings. The second-order valence-electron chi connectivity index (χ2n) is 4.97. The lowest BCUT2D eigenvalue weighted by Gasteiger charge is -2.18. The quantitative estimate of drug-likeness (QED) is 0.821. The third-order valence-electron chi connectivity index (χ3n) is 3.17. The minimum atomic E-state index is -0.754. The van der Waals surface area contributed by atoms with Gasteiger partial charge in [0.05, 0.1) is 13.5 Å². The van der Waals surface area contributed by atoms with Gasteiger partial charge >= 0.3 is 5.97 Å². The molecular formula is C15H23NO3. The number of methoxy groups -OCH3 is 1. The summed E-state index contributed by atoms with van der Waals surface area (Å²) in [5.41, 5.74) is 3.55. The molecule has 0 unspecified atom stereocenters. The summed E-state index contributed by atoms with van der Waals surface area (Å²) in [6.07, 6.45) is 1.04. The maximum Gasteiger partial charge on any atom is 0.304 e. The number of carboxylic acids is 1. The van der Waals surface area contributed by atoms with Crippen molar-refractivity contribution in [3.8, 4) is 5.75 Å². The van der Waals surface area contributed by atoms with E-state index in [-0.39, 0.29) is 6.42 Å². The number of rotatable bonds is 7. The zero-order valence-electron chi connectivity index (χ0n) is 12.2. The van der Waals surface area contributed by atoms with Crippen molar-refractivity contribution in [1.82, 2.24) is 4.90 Å². The Morgan fingerprint density at radius 1 is 1.32 bits per heavy atom. The Kier molecular flexibility index (Phi) is 5.83. The van der Waals surface area contributed by atoms with E-state index in [0.717, 1.165) is 24.3 Å². The molecule has 1 aromatic rings. The number of likely N-dealkylation sites (N-methyl/N-ethyl adjacent to an activating group) is 1. The lowest BCUT2D eigenvalue weighted by Crippen LogP contribution is -2.24. The van der Waals surface area contributed by atoms with Gasteiger partial charge < -0.3 is 14.7 Å². The molecule has 0 saturated heterocycles. The number of aryl methyl sites for hydroxylation is 2. The average Bonchev–Trinajstić information content (AvgIpc) is 2.33. The highest BCUT2D eigenvalue weighted by Gasteiger charge is 2.09. The topological polar surface area (TPSA) is 49.8 Å². The minimum absolute atomic E-state index is 0.181. The van der Waals surface area contributed by atoms with Gasteiger partial charge in [-0.3, -0.25) is 4.79 Å². The lowest BCUT2D eigenvalue weighted by molar-refractivity contribution is -0.137. The zero-order valence-corrected chi connectivity index (χ0v) is 12.2. The highest BCUT2D eigenvalue weighted by molar-refractivity contribution is 5.66. The molecule has 0 aliphatic heterocycles. The summed E-state index contributed by atoms with van der Waals surface area (Å²) in [5, 5.41) is 8.66. The monoisotopic (exact) mass is 265 g/mol. The highest BCUT2D eigenvalue weighted by atomic mass is 16.5. The van der Waals surface area contributed by atoms with Crippen molar-refractivity contribution in [3.63, 3.8) is 0 Å². The van der Waals surface area contributed by atoms with Crippen molar-refractivity contribution in [2.24, 2.45) is 0 Å². The summed E-state index contributed by atoms with van der Waals surface area (Å²) < 4.78 is 5.45. The van der Waals surface area contributed by atoms with Gasteiger partial charge in [-0.2, -0.15) is 0 Å². The number of hydrogen-bond acceptors (Lipinski definition) is 3. The molecule has 0 atom stereocenters. The molecule has 0 spiro atoms. The predicted octanol–water partition coefficient (Wildman–Crippen LogP) is 2.26. The van der Waals surface area contributed by atoms with Crippen LogP contribution in [-0.4, -0.2) is 43.2 Å². The molecule has 1 rings (SSSR count). The van der Waals surface area contributed by atoms with Crippen molar-refractivity contribution in [2.75, 3.05) is 27.2 Å². The third kappa shape index (κ3) is 4.91. The van der Waals surface area contributed by atoms with Crippen LogP contribution in [0.3, 0.4) is 0 Å². The van der Waals surface area contributed by atoms with Crippen LogP contribution in [-0.2, 0) is 11.2 Å². The van der Waals surface area contributed by atoms with E-state index in [4.69, 9.17) is 9.84 Å². The Morgan fingerprint density at radius 3 is 2.58 bits per heavy atom. The van der Waals surface area contributed by atoms with E-state index in [1.54, 1.807) is 7.11 Å². The van der Waals surface area contributed by atoms with E-state index >= 15 is 0 Å². The molecule has 0 saturated carbocycles. The van der Waals surface area contributed by atoms with Gasteiger partial charge in [-0.15, -0.1) is 0 Å². The smallest absolute Gasteiger partial charge is 0.304 e. The fourth-order valence-electron chi connectivity index (χ4n) is 2.23. The van der Waals surface area contributed by atoms with Crippen LogP contribution in [0.2, 0.25) is 0 Å². The van der Waals surface area contributed by atoms with Crippen LogP contribution >= 0.6 is 0 Å². The first kappa shape index (κ1) is 15.5. The van der Waals surface area contributed by atoms with Gasteiger partial charge in [-0.1, -0.05) is 17.7 Å². The van der Waals surface area contributed by atoms with E-state index in [2.05, 4.69) is 19.1 Å². The Balaban J connectivity index is 2.64. The lowest BCUT2D eigenvalue weighted by atomic mass is 10.0. The van der Waals surface area contributed by atoms with E-state index in [1.807, 2.05) is 18.9 Å². The first-order valence-electron chi connectivity index (χ1n) is 6.48. The van der Waals surface area contributed by atoms with Gasteiger partial charge in [0.1, 0.15) is 5.75 Å². The van der Waals surface area contributed by atoms with E-state index in [1.165, 1.54) is 11.1 Å². The maximum absolute atomic E-state index is 10.5. The standard InChI is InChI=1S/C15H23NO3/c1-11-9-12(2)15(19-4)13(10-11)5-7-16(3)8-6-14(17)18/h9-10H,5-8H2,1-4H3,(H,17,18). The second kappa shape index (κ2) is 7.14. The second-order valence-corrected chi connectivity index (χ2v) is 4.97. The number of carbonyl (C=O) groups is 1. The molecule has 1 aromatic carbocycles. The number of nitrogens with zero attached hydrogens (tertiary/aromatic N) is 1. The van der Waals surface area contributed by atoms with Crippen LogP contribution < -0.4 is 4.74 Å². The first-order chi connectivity index (χ1) is 8.93. The Bertz CT molecular complexity index is 443. The highest BCUT2D eigenvalue weighted by Crippen LogP contribution is 2.25. The molecular weight excluding hydrogens is 242 g/mol. The molecule has 4 heteroatoms. The summed E-state index contributed by atoms with van der Waals surface area (Å²) in [5.74, 6) is 0.188. The van der Waals surface area contributed by atoms with Gasteiger partial charge in [-0.05, 0) is 38.4 Å². The van der Waals surface area contributed by atoms with Crippen molar-refractivity contribution in [2.45, 2.75) is 26.7 Å². The van der Waals surface area contributed by atoms with Crippen LogP contribution in [0.4, 0.5) is 0 Å². The number of hydrogen-bond donors (Lipinski definition) is 1. The molecule has 106 valence electrons. The number of benzene rings is 1. The summed E-state index contributed by atoms with van der Waals surface area (Å²) in [6.45, 7) is 5.52. The van der Waals surface area contributed by atoms with E-state index in [9.17, 15) is 4.79 Å². The first-order valence-corrected chi connectivity index (χ1v) is 6.48. The van der Waals surface area contributed by atoms with Crippen LogP contribution in [0.1, 0.15) is 23.1 Å². The number of carboxylic acid groups (broad SMARTS) is 1. The van der Waals surface area contributed by atoms with Crippen LogP contribution in [0.25, 0.3) is 0 Å². The minimum Gasteiger partial charge on any atom is -0.496 e. The Labute approximate surface area is 115 Å². The molecule has 0 radical (unpaired) electrons. The largest absolute Gasteiger partial charge is 0.496 e. The molecule has 0 aliphatic rings. The molecule has 0 heterocycles. The summed E-state index contributed by atoms with van der Waals surface area (Å²) in [4.78, 5) is 12.6. The van der Waals surface area contributed by atoms with Crippen molar-refractivity contribution >= 4 is 5.97 Å². The third-order valence-corrected chi connectivity index (χ3v) is 3.17. The number of aliphatic carboxylic acids is 1. The predicted molar refractivity (Wildman–Crippen MR) is 75.9 cm³/mol. The summed E-state index contributed by atoms with van der Waals surface area (Å²) in [7, 11) is 3.63. The molecule has 0 amide bonds. The fraction of sp³-hybridized carbons (Fsp3) is 0.533. The normalized spacial score (nSPS) is 10.8. The molecule has 0 aromatic heterocycles. The molecule has 1 N–H and O–H groups in total. The zero-order chi connectivity index (χ0) is 14.4. The van der Waals surface area contributed by atoms with Gasteiger partial charge in [-0.25, -0.2) is 0 Å². The molecule has 0 bridgehead atoms. The van der Waals surface area contributed by atoms with E-state index < -0.39 is 5.97 Å². The van der Waals surface area contributed by atoms with Crippen molar-refractivity contribution in [3.05, 3.63) is 28.8 Å². The molecule has 0 aliphatic carbocycles. The van der Waals surface area contributed by atoms with Crippen molar-refractivity contribution < 1.29 is 14.6 Å². The molecule has 19 heavy (non-hydrogen) atoms. The SMILES string of the molecule is COc1c(C)cc(C)cc1CCN(C)CCC(=O)O. The Hall–Kier alpha value is -1.55. The average molecular weight is 265 g/mol. The van der Waals surface area contributed by atoms with Crippen LogP contribution in [0, 0.1) is 13.8 Å². The van der Waals surface area contributed by atoms with Crippen LogP contribution in [0.15, 0.2) is 12.1 Å². The van der Waals surface area contributed by atoms with Crippen molar-refractivity contribution in [1.29, 1.82) is 0 Å². The molecule has 4 nitrogen and oxygen atoms in total. The van der Waals surface area contributed by atoms with Crippen LogP contribution in [0.5, 0.6) is 5.75 Å². The fourth-order valence-corrected chi connectivity index (χ4v) is 2.23. The van der Waals surface area contributed by atoms with Gasteiger partial charge in [0.15, 0.2) is 0 Å². The van der Waals surface area contributed by atoms with E-state index in [0.29, 0.717) is 6.54 Å². The van der Waals surface area contributed by atoms with Gasteiger partial charge in [0, 0.05) is 13.1 Å². The maximum atomic E-state index is 10.5. The summed E-state index contributed by atoms with van der Waals surface area (Å²) in [6, 6.07) is 4.24. The Morgan fingerprint density at radius 2 is 2.00 bits per heavy atom. The van der Waals surface area contributed by atoms with Gasteiger partial charge in [0.2, 0.25) is 0 Å². The summed E-state index contributed by atoms with van der Waals surface area (Å²) >= 11 is 0. The number of ether oxygens (including phenoxy) is 1. The van der Waals surface area contributed by atoms with Gasteiger partial charge in [0.25, 0.3) is 0 Å².